The number of carbonyl (C=O) groups excluding carboxylic acids is 1. The van der Waals surface area contributed by atoms with Crippen LogP contribution in [0.1, 0.15) is 34.3 Å². The standard InChI is InChI=1S/C22H26N2OS/c1-2-14-26-21-11-4-3-10-20(21)22(25)23-16-18-8-7-9-19(15-18)17-24-12-5-6-13-24/h2-4,7-11,15H,1,5-6,12-14,16-17H2,(H,23,25). The predicted octanol–water partition coefficient (Wildman–Crippen LogP) is 4.49. The van der Waals surface area contributed by atoms with Gasteiger partial charge >= 0.3 is 0 Å². The monoisotopic (exact) mass is 366 g/mol. The molecular formula is C22H26N2OS. The van der Waals surface area contributed by atoms with Gasteiger partial charge in [-0.05, 0) is 49.2 Å². The molecule has 0 aromatic heterocycles. The average Bonchev–Trinajstić information content (AvgIpc) is 3.18. The molecule has 0 radical (unpaired) electrons. The third-order valence-electron chi connectivity index (χ3n) is 4.54. The lowest BCUT2D eigenvalue weighted by atomic mass is 10.1. The van der Waals surface area contributed by atoms with Crippen molar-refractivity contribution in [2.45, 2.75) is 30.8 Å². The Balaban J connectivity index is 1.60. The Kier molecular flexibility index (Phi) is 6.92. The molecule has 0 atom stereocenters. The summed E-state index contributed by atoms with van der Waals surface area (Å²) in [6.07, 6.45) is 4.46. The number of carbonyl (C=O) groups is 1. The van der Waals surface area contributed by atoms with E-state index in [0.717, 1.165) is 28.3 Å². The van der Waals surface area contributed by atoms with Crippen LogP contribution in [0.2, 0.25) is 0 Å². The lowest BCUT2D eigenvalue weighted by Gasteiger charge is -2.15. The maximum Gasteiger partial charge on any atom is 0.252 e. The van der Waals surface area contributed by atoms with E-state index in [1.54, 1.807) is 11.8 Å². The van der Waals surface area contributed by atoms with E-state index in [-0.39, 0.29) is 5.91 Å². The molecule has 3 rings (SSSR count). The molecule has 0 saturated carbocycles. The van der Waals surface area contributed by atoms with Crippen molar-refractivity contribution in [1.82, 2.24) is 10.2 Å². The summed E-state index contributed by atoms with van der Waals surface area (Å²) in [5.74, 6) is 0.769. The van der Waals surface area contributed by atoms with Crippen LogP contribution >= 0.6 is 11.8 Å². The number of thioether (sulfide) groups is 1. The molecule has 2 aromatic carbocycles. The minimum Gasteiger partial charge on any atom is -0.348 e. The summed E-state index contributed by atoms with van der Waals surface area (Å²) >= 11 is 1.63. The van der Waals surface area contributed by atoms with E-state index >= 15 is 0 Å². The molecular weight excluding hydrogens is 340 g/mol. The molecule has 0 aliphatic carbocycles. The van der Waals surface area contributed by atoms with Crippen LogP contribution < -0.4 is 5.32 Å². The van der Waals surface area contributed by atoms with Crippen molar-refractivity contribution in [1.29, 1.82) is 0 Å². The Hall–Kier alpha value is -2.04. The number of benzene rings is 2. The topological polar surface area (TPSA) is 32.3 Å². The van der Waals surface area contributed by atoms with Crippen molar-refractivity contribution in [3.63, 3.8) is 0 Å². The highest BCUT2D eigenvalue weighted by Gasteiger charge is 2.13. The van der Waals surface area contributed by atoms with E-state index in [0.29, 0.717) is 6.54 Å². The van der Waals surface area contributed by atoms with Gasteiger partial charge in [-0.15, -0.1) is 18.3 Å². The first-order chi connectivity index (χ1) is 12.8. The SMILES string of the molecule is C=CCSc1ccccc1C(=O)NCc1cccc(CN2CCCC2)c1. The molecule has 3 nitrogen and oxygen atoms in total. The van der Waals surface area contributed by atoms with E-state index in [9.17, 15) is 4.79 Å². The highest BCUT2D eigenvalue weighted by Crippen LogP contribution is 2.22. The highest BCUT2D eigenvalue weighted by atomic mass is 32.2. The van der Waals surface area contributed by atoms with Crippen molar-refractivity contribution in [3.8, 4) is 0 Å². The van der Waals surface area contributed by atoms with Crippen molar-refractivity contribution >= 4 is 17.7 Å². The Labute approximate surface area is 160 Å². The van der Waals surface area contributed by atoms with Crippen LogP contribution in [0.5, 0.6) is 0 Å². The number of likely N-dealkylation sites (tertiary alicyclic amines) is 1. The van der Waals surface area contributed by atoms with Gasteiger partial charge in [0.2, 0.25) is 0 Å². The van der Waals surface area contributed by atoms with Crippen LogP contribution in [-0.2, 0) is 13.1 Å². The quantitative estimate of drug-likeness (QED) is 0.552. The van der Waals surface area contributed by atoms with Crippen LogP contribution in [-0.4, -0.2) is 29.6 Å². The number of rotatable bonds is 8. The summed E-state index contributed by atoms with van der Waals surface area (Å²) in [4.78, 5) is 16.1. The lowest BCUT2D eigenvalue weighted by molar-refractivity contribution is 0.0948. The Morgan fingerprint density at radius 2 is 1.88 bits per heavy atom. The molecule has 1 aliphatic rings. The maximum absolute atomic E-state index is 12.6. The van der Waals surface area contributed by atoms with Crippen molar-refractivity contribution in [3.05, 3.63) is 77.9 Å². The van der Waals surface area contributed by atoms with Crippen LogP contribution in [0, 0.1) is 0 Å². The fourth-order valence-corrected chi connectivity index (χ4v) is 4.03. The number of hydrogen-bond donors (Lipinski definition) is 1. The molecule has 2 aromatic rings. The van der Waals surface area contributed by atoms with Gasteiger partial charge in [0, 0.05) is 23.7 Å². The number of nitrogens with one attached hydrogen (secondary N) is 1. The Bertz CT molecular complexity index is 753. The first-order valence-electron chi connectivity index (χ1n) is 9.17. The van der Waals surface area contributed by atoms with Gasteiger partial charge in [-0.1, -0.05) is 42.5 Å². The smallest absolute Gasteiger partial charge is 0.252 e. The number of amides is 1. The van der Waals surface area contributed by atoms with E-state index in [1.807, 2.05) is 30.3 Å². The molecule has 1 amide bonds. The fourth-order valence-electron chi connectivity index (χ4n) is 3.24. The van der Waals surface area contributed by atoms with Crippen LogP contribution in [0.4, 0.5) is 0 Å². The van der Waals surface area contributed by atoms with Crippen LogP contribution in [0.25, 0.3) is 0 Å². The molecule has 0 bridgehead atoms. The van der Waals surface area contributed by atoms with Gasteiger partial charge in [-0.3, -0.25) is 9.69 Å². The second-order valence-electron chi connectivity index (χ2n) is 6.58. The molecule has 4 heteroatoms. The molecule has 0 unspecified atom stereocenters. The summed E-state index contributed by atoms with van der Waals surface area (Å²) in [5.41, 5.74) is 3.19. The number of hydrogen-bond acceptors (Lipinski definition) is 3. The molecule has 1 heterocycles. The zero-order valence-electron chi connectivity index (χ0n) is 15.1. The largest absolute Gasteiger partial charge is 0.348 e. The molecule has 1 saturated heterocycles. The average molecular weight is 367 g/mol. The Morgan fingerprint density at radius 3 is 2.69 bits per heavy atom. The summed E-state index contributed by atoms with van der Waals surface area (Å²) in [6, 6.07) is 16.3. The van der Waals surface area contributed by atoms with Gasteiger partial charge in [-0.2, -0.15) is 0 Å². The van der Waals surface area contributed by atoms with Gasteiger partial charge in [0.1, 0.15) is 0 Å². The Morgan fingerprint density at radius 1 is 1.12 bits per heavy atom. The third kappa shape index (κ3) is 5.23. The van der Waals surface area contributed by atoms with Crippen LogP contribution in [0.3, 0.4) is 0 Å². The summed E-state index contributed by atoms with van der Waals surface area (Å²) in [7, 11) is 0. The van der Waals surface area contributed by atoms with Gasteiger partial charge in [-0.25, -0.2) is 0 Å². The zero-order chi connectivity index (χ0) is 18.2. The molecule has 1 fully saturated rings. The summed E-state index contributed by atoms with van der Waals surface area (Å²) in [6.45, 7) is 7.69. The third-order valence-corrected chi connectivity index (χ3v) is 5.61. The van der Waals surface area contributed by atoms with Crippen molar-refractivity contribution in [2.24, 2.45) is 0 Å². The van der Waals surface area contributed by atoms with Gasteiger partial charge in [0.05, 0.1) is 5.56 Å². The summed E-state index contributed by atoms with van der Waals surface area (Å²) in [5, 5.41) is 3.06. The summed E-state index contributed by atoms with van der Waals surface area (Å²) < 4.78 is 0. The van der Waals surface area contributed by atoms with E-state index in [2.05, 4.69) is 41.1 Å². The highest BCUT2D eigenvalue weighted by molar-refractivity contribution is 7.99. The molecule has 1 N–H and O–H groups in total. The van der Waals surface area contributed by atoms with E-state index < -0.39 is 0 Å². The fraction of sp³-hybridized carbons (Fsp3) is 0.318. The molecule has 136 valence electrons. The van der Waals surface area contributed by atoms with E-state index in [4.69, 9.17) is 0 Å². The van der Waals surface area contributed by atoms with Gasteiger partial charge < -0.3 is 5.32 Å². The zero-order valence-corrected chi connectivity index (χ0v) is 15.9. The van der Waals surface area contributed by atoms with Crippen LogP contribution in [0.15, 0.2) is 66.1 Å². The molecule has 0 spiro atoms. The van der Waals surface area contributed by atoms with E-state index in [1.165, 1.54) is 31.5 Å². The van der Waals surface area contributed by atoms with Gasteiger partial charge in [0.25, 0.3) is 5.91 Å². The molecule has 26 heavy (non-hydrogen) atoms. The second kappa shape index (κ2) is 9.60. The van der Waals surface area contributed by atoms with Crippen molar-refractivity contribution in [2.75, 3.05) is 18.8 Å². The lowest BCUT2D eigenvalue weighted by Crippen LogP contribution is -2.23. The minimum atomic E-state index is -0.0258. The number of nitrogens with zero attached hydrogens (tertiary/aromatic N) is 1. The maximum atomic E-state index is 12.6. The minimum absolute atomic E-state index is 0.0258. The first kappa shape index (κ1) is 18.7. The second-order valence-corrected chi connectivity index (χ2v) is 7.64. The molecule has 1 aliphatic heterocycles. The van der Waals surface area contributed by atoms with Gasteiger partial charge in [0.15, 0.2) is 0 Å². The first-order valence-corrected chi connectivity index (χ1v) is 10.2. The van der Waals surface area contributed by atoms with Crippen molar-refractivity contribution < 1.29 is 4.79 Å². The predicted molar refractivity (Wildman–Crippen MR) is 109 cm³/mol. The normalized spacial score (nSPS) is 14.3.